The van der Waals surface area contributed by atoms with Crippen LogP contribution in [0.25, 0.3) is 22.0 Å². The van der Waals surface area contributed by atoms with Gasteiger partial charge in [-0.2, -0.15) is 0 Å². The van der Waals surface area contributed by atoms with Crippen LogP contribution in [0.4, 0.5) is 4.79 Å². The summed E-state index contributed by atoms with van der Waals surface area (Å²) in [4.78, 5) is 70.9. The Morgan fingerprint density at radius 2 is 1.69 bits per heavy atom. The van der Waals surface area contributed by atoms with Crippen LogP contribution >= 0.6 is 0 Å². The molecule has 3 amide bonds. The smallest absolute Gasteiger partial charge is 0.407 e. The minimum atomic E-state index is -1.39. The van der Waals surface area contributed by atoms with E-state index in [1.807, 2.05) is 96.1 Å². The van der Waals surface area contributed by atoms with Crippen LogP contribution in [0, 0.1) is 22.7 Å². The van der Waals surface area contributed by atoms with E-state index in [1.165, 1.54) is 4.90 Å². The van der Waals surface area contributed by atoms with E-state index in [4.69, 9.17) is 29.7 Å². The lowest BCUT2D eigenvalue weighted by Crippen LogP contribution is -2.59. The number of alkyl carbamates (subject to hydrolysis) is 1. The SMILES string of the molecule is CCOC(=O)[C@@]1(N)C[C@H]1C.C[C@@H]1C[C@]1(NC(=O)[C@@H]1C[C@@H]2CN1C(=O)[C@H](C(C)(C)C)NC(=O)OCC(C)(C)COc1cccc(c1)-c1cc3ccccc3nc1O2)C(=O)O. The van der Waals surface area contributed by atoms with Gasteiger partial charge in [-0.1, -0.05) is 78.8 Å². The van der Waals surface area contributed by atoms with E-state index in [-0.39, 0.29) is 44.5 Å². The summed E-state index contributed by atoms with van der Waals surface area (Å²) in [7, 11) is 0. The first kappa shape index (κ1) is 43.1. The number of aliphatic carboxylic acids is 1. The summed E-state index contributed by atoms with van der Waals surface area (Å²) in [5, 5.41) is 16.3. The molecule has 59 heavy (non-hydrogen) atoms. The van der Waals surface area contributed by atoms with Crippen LogP contribution in [-0.2, 0) is 28.7 Å². The number of nitrogens with one attached hydrogen (secondary N) is 2. The molecular formula is C44H57N5O10. The van der Waals surface area contributed by atoms with Gasteiger partial charge < -0.3 is 45.3 Å². The molecule has 4 bridgehead atoms. The van der Waals surface area contributed by atoms with E-state index in [1.54, 1.807) is 13.8 Å². The highest BCUT2D eigenvalue weighted by Gasteiger charge is 2.60. The van der Waals surface area contributed by atoms with Crippen molar-refractivity contribution < 1.29 is 48.0 Å². The van der Waals surface area contributed by atoms with Gasteiger partial charge in [-0.3, -0.25) is 14.4 Å². The number of carboxylic acid groups (broad SMARTS) is 1. The molecule has 3 heterocycles. The number of benzene rings is 2. The van der Waals surface area contributed by atoms with E-state index >= 15 is 0 Å². The number of aromatic nitrogens is 1. The summed E-state index contributed by atoms with van der Waals surface area (Å²) < 4.78 is 23.2. The van der Waals surface area contributed by atoms with Crippen molar-refractivity contribution in [1.29, 1.82) is 0 Å². The molecule has 1 saturated heterocycles. The summed E-state index contributed by atoms with van der Waals surface area (Å²) in [6.45, 7) is 15.4. The summed E-state index contributed by atoms with van der Waals surface area (Å²) in [6.07, 6.45) is -0.328. The lowest BCUT2D eigenvalue weighted by Gasteiger charge is -2.35. The Morgan fingerprint density at radius 3 is 2.32 bits per heavy atom. The molecule has 1 aromatic heterocycles. The Kier molecular flexibility index (Phi) is 11.9. The number of carboxylic acids is 1. The maximum atomic E-state index is 14.4. The molecule has 2 aromatic carbocycles. The number of hydrogen-bond donors (Lipinski definition) is 4. The number of esters is 1. The maximum absolute atomic E-state index is 14.4. The van der Waals surface area contributed by atoms with Gasteiger partial charge >= 0.3 is 18.0 Å². The minimum absolute atomic E-state index is 0.0000185. The van der Waals surface area contributed by atoms with E-state index in [0.717, 1.165) is 17.4 Å². The van der Waals surface area contributed by atoms with Gasteiger partial charge in [0.2, 0.25) is 17.7 Å². The Bertz CT molecular complexity index is 2120. The third kappa shape index (κ3) is 9.40. The molecular weight excluding hydrogens is 759 g/mol. The van der Waals surface area contributed by atoms with Gasteiger partial charge in [-0.25, -0.2) is 14.6 Å². The Balaban J connectivity index is 0.000000512. The van der Waals surface area contributed by atoms with Gasteiger partial charge in [0.15, 0.2) is 0 Å². The number of hydrogen-bond acceptors (Lipinski definition) is 11. The van der Waals surface area contributed by atoms with E-state index in [0.29, 0.717) is 35.2 Å². The Labute approximate surface area is 344 Å². The molecule has 15 heteroatoms. The topological polar surface area (TPSA) is 209 Å². The maximum Gasteiger partial charge on any atom is 0.407 e. The van der Waals surface area contributed by atoms with Crippen LogP contribution < -0.4 is 25.8 Å². The van der Waals surface area contributed by atoms with Gasteiger partial charge in [-0.05, 0) is 66.8 Å². The zero-order valence-corrected chi connectivity index (χ0v) is 35.1. The highest BCUT2D eigenvalue weighted by Crippen LogP contribution is 2.44. The number of cyclic esters (lactones) is 1. The average Bonchev–Trinajstić information content (AvgIpc) is 3.95. The predicted octanol–water partition coefficient (Wildman–Crippen LogP) is 5.08. The second kappa shape index (κ2) is 16.3. The fourth-order valence-electron chi connectivity index (χ4n) is 7.49. The third-order valence-corrected chi connectivity index (χ3v) is 11.6. The van der Waals surface area contributed by atoms with Crippen molar-refractivity contribution in [3.63, 3.8) is 0 Å². The molecule has 3 aromatic rings. The molecule has 4 aliphatic rings. The molecule has 5 N–H and O–H groups in total. The van der Waals surface area contributed by atoms with Gasteiger partial charge in [0.05, 0.1) is 25.3 Å². The molecule has 2 aliphatic carbocycles. The van der Waals surface area contributed by atoms with Gasteiger partial charge in [0.25, 0.3) is 0 Å². The number of amides is 3. The van der Waals surface area contributed by atoms with Crippen molar-refractivity contribution in [1.82, 2.24) is 20.5 Å². The first-order chi connectivity index (χ1) is 27.7. The van der Waals surface area contributed by atoms with Crippen LogP contribution in [-0.4, -0.2) is 100 Å². The molecule has 318 valence electrons. The third-order valence-electron chi connectivity index (χ3n) is 11.6. The predicted molar refractivity (Wildman–Crippen MR) is 218 cm³/mol. The summed E-state index contributed by atoms with van der Waals surface area (Å²) >= 11 is 0. The highest BCUT2D eigenvalue weighted by molar-refractivity contribution is 5.96. The van der Waals surface area contributed by atoms with Crippen LogP contribution in [0.5, 0.6) is 11.6 Å². The van der Waals surface area contributed by atoms with E-state index in [9.17, 15) is 29.1 Å². The van der Waals surface area contributed by atoms with Gasteiger partial charge in [0.1, 0.15) is 41.6 Å². The summed E-state index contributed by atoms with van der Waals surface area (Å²) in [5.41, 5.74) is 4.45. The molecule has 0 spiro atoms. The minimum Gasteiger partial charge on any atom is -0.493 e. The van der Waals surface area contributed by atoms with E-state index in [2.05, 4.69) is 10.6 Å². The number of nitrogens with zero attached hydrogens (tertiary/aromatic N) is 2. The number of para-hydroxylation sites is 1. The monoisotopic (exact) mass is 815 g/mol. The lowest BCUT2D eigenvalue weighted by molar-refractivity contribution is -0.146. The first-order valence-corrected chi connectivity index (χ1v) is 20.2. The summed E-state index contributed by atoms with van der Waals surface area (Å²) in [5.74, 6) is -1.50. The number of rotatable bonds is 5. The molecule has 0 unspecified atom stereocenters. The van der Waals surface area contributed by atoms with Crippen LogP contribution in [0.2, 0.25) is 0 Å². The standard InChI is InChI=1S/C37H44N4O8.C7H13NO2/c1-21-17-37(21,33(44)45)40-30(42)28-16-25-18-41(28)32(43)29(35(2,3)4)39-34(46)48-20-36(5,6)19-47-24-12-9-11-22(14-24)26-15-23-10-7-8-13-27(23)38-31(26)49-25;1-3-10-6(9)7(8)4-5(7)2/h7-15,21,25,28-29H,16-20H2,1-6H3,(H,39,46)(H,40,42)(H,44,45);5H,3-4,8H2,1-2H3/t21-,25-,28+,29-,37-;5-,7-/m11/s1. The van der Waals surface area contributed by atoms with Crippen molar-refractivity contribution in [3.05, 3.63) is 54.6 Å². The van der Waals surface area contributed by atoms with E-state index < -0.39 is 64.0 Å². The fourth-order valence-corrected chi connectivity index (χ4v) is 7.49. The second-order valence-electron chi connectivity index (χ2n) is 18.3. The zero-order chi connectivity index (χ0) is 43.1. The lowest BCUT2D eigenvalue weighted by atomic mass is 9.85. The Hall–Kier alpha value is -5.44. The number of pyridine rings is 1. The van der Waals surface area contributed by atoms with Crippen LogP contribution in [0.1, 0.15) is 74.7 Å². The highest BCUT2D eigenvalue weighted by atomic mass is 16.6. The van der Waals surface area contributed by atoms with Crippen LogP contribution in [0.15, 0.2) is 54.6 Å². The average molecular weight is 816 g/mol. The zero-order valence-electron chi connectivity index (χ0n) is 35.1. The number of nitrogens with two attached hydrogens (primary N) is 1. The first-order valence-electron chi connectivity index (χ1n) is 20.2. The molecule has 2 aliphatic heterocycles. The number of fused-ring (bicyclic) bond motifs is 7. The van der Waals surface area contributed by atoms with Crippen molar-refractivity contribution in [2.75, 3.05) is 26.4 Å². The van der Waals surface area contributed by atoms with Gasteiger partial charge in [0, 0.05) is 22.8 Å². The van der Waals surface area contributed by atoms with Gasteiger partial charge in [-0.15, -0.1) is 0 Å². The fraction of sp³-hybridized carbons (Fsp3) is 0.545. The molecule has 3 fully saturated rings. The molecule has 7 atom stereocenters. The molecule has 15 nitrogen and oxygen atoms in total. The normalized spacial score (nSPS) is 28.7. The quantitative estimate of drug-likeness (QED) is 0.249. The molecule has 2 saturated carbocycles. The number of ether oxygens (including phenoxy) is 4. The molecule has 0 radical (unpaired) electrons. The van der Waals surface area contributed by atoms with Crippen molar-refractivity contribution in [2.45, 2.75) is 104 Å². The summed E-state index contributed by atoms with van der Waals surface area (Å²) in [6, 6.07) is 15.1. The second-order valence-corrected chi connectivity index (χ2v) is 18.3. The van der Waals surface area contributed by atoms with Crippen molar-refractivity contribution >= 4 is 40.7 Å². The van der Waals surface area contributed by atoms with Crippen molar-refractivity contribution in [3.8, 4) is 22.8 Å². The number of carbonyl (C=O) groups is 5. The Morgan fingerprint density at radius 1 is 1.02 bits per heavy atom. The molecule has 7 rings (SSSR count). The largest absolute Gasteiger partial charge is 0.493 e. The number of carbonyl (C=O) groups excluding carboxylic acids is 4. The van der Waals surface area contributed by atoms with Crippen LogP contribution in [0.3, 0.4) is 0 Å². The van der Waals surface area contributed by atoms with Crippen molar-refractivity contribution in [2.24, 2.45) is 28.4 Å².